The van der Waals surface area contributed by atoms with Gasteiger partial charge < -0.3 is 16.0 Å². The van der Waals surface area contributed by atoms with Crippen LogP contribution in [0, 0.1) is 6.92 Å². The van der Waals surface area contributed by atoms with Crippen LogP contribution >= 0.6 is 11.6 Å². The maximum absolute atomic E-state index is 12.3. The lowest BCUT2D eigenvalue weighted by Crippen LogP contribution is -2.32. The monoisotopic (exact) mass is 345 g/mol. The zero-order chi connectivity index (χ0) is 17.7. The first-order chi connectivity index (χ1) is 11.4. The van der Waals surface area contributed by atoms with Crippen molar-refractivity contribution in [3.8, 4) is 0 Å². The van der Waals surface area contributed by atoms with Crippen LogP contribution in [0.15, 0.2) is 42.5 Å². The molecule has 0 aliphatic carbocycles. The van der Waals surface area contributed by atoms with Gasteiger partial charge in [0.05, 0.1) is 0 Å². The quantitative estimate of drug-likeness (QED) is 0.765. The Bertz CT molecular complexity index is 744. The van der Waals surface area contributed by atoms with Crippen LogP contribution in [0.5, 0.6) is 0 Å². The van der Waals surface area contributed by atoms with Crippen LogP contribution in [-0.4, -0.2) is 17.9 Å². The summed E-state index contributed by atoms with van der Waals surface area (Å²) in [4.78, 5) is 23.3. The fourth-order valence-corrected chi connectivity index (χ4v) is 2.33. The molecule has 0 aliphatic heterocycles. The third-order valence-corrected chi connectivity index (χ3v) is 3.92. The molecule has 0 aliphatic rings. The zero-order valence-electron chi connectivity index (χ0n) is 13.8. The van der Waals surface area contributed by atoms with Crippen LogP contribution in [0.4, 0.5) is 17.1 Å². The molecule has 2 rings (SSSR count). The summed E-state index contributed by atoms with van der Waals surface area (Å²) in [6.07, 6.45) is 0. The van der Waals surface area contributed by atoms with Gasteiger partial charge in [0, 0.05) is 29.0 Å². The highest BCUT2D eigenvalue weighted by Crippen LogP contribution is 2.23. The number of rotatable bonds is 5. The Morgan fingerprint density at radius 3 is 2.25 bits per heavy atom. The summed E-state index contributed by atoms with van der Waals surface area (Å²) in [5.74, 6) is -0.286. The molecule has 0 spiro atoms. The van der Waals surface area contributed by atoms with E-state index in [4.69, 9.17) is 11.6 Å². The van der Waals surface area contributed by atoms with Crippen LogP contribution in [0.25, 0.3) is 0 Å². The first-order valence-corrected chi connectivity index (χ1v) is 7.95. The van der Waals surface area contributed by atoms with Gasteiger partial charge in [-0.15, -0.1) is 0 Å². The number of anilines is 3. The van der Waals surface area contributed by atoms with E-state index in [1.54, 1.807) is 43.3 Å². The molecule has 5 nitrogen and oxygen atoms in total. The van der Waals surface area contributed by atoms with Crippen molar-refractivity contribution in [1.82, 2.24) is 0 Å². The van der Waals surface area contributed by atoms with Gasteiger partial charge in [-0.3, -0.25) is 9.59 Å². The normalized spacial score (nSPS) is 11.5. The standard InChI is InChI=1S/C18H20ClN3O2/c1-11-16(19)5-4-6-17(11)22-18(24)12(2)20-14-7-9-15(10-8-14)21-13(3)23/h4-10,12,20H,1-3H3,(H,21,23)(H,22,24). The predicted octanol–water partition coefficient (Wildman–Crippen LogP) is 4.05. The second-order valence-electron chi connectivity index (χ2n) is 5.53. The van der Waals surface area contributed by atoms with Crippen molar-refractivity contribution in [2.24, 2.45) is 0 Å². The molecule has 24 heavy (non-hydrogen) atoms. The van der Waals surface area contributed by atoms with Gasteiger partial charge in [0.25, 0.3) is 0 Å². The summed E-state index contributed by atoms with van der Waals surface area (Å²) in [7, 11) is 0. The highest BCUT2D eigenvalue weighted by Gasteiger charge is 2.14. The summed E-state index contributed by atoms with van der Waals surface area (Å²) in [6, 6.07) is 12.1. The molecule has 0 radical (unpaired) electrons. The summed E-state index contributed by atoms with van der Waals surface area (Å²) < 4.78 is 0. The molecular formula is C18H20ClN3O2. The second-order valence-corrected chi connectivity index (χ2v) is 5.93. The van der Waals surface area contributed by atoms with E-state index in [-0.39, 0.29) is 11.8 Å². The van der Waals surface area contributed by atoms with Gasteiger partial charge in [-0.1, -0.05) is 17.7 Å². The Kier molecular flexibility index (Phi) is 5.82. The first kappa shape index (κ1) is 17.8. The number of amides is 2. The first-order valence-electron chi connectivity index (χ1n) is 7.57. The Labute approximate surface area is 146 Å². The molecule has 0 saturated carbocycles. The van der Waals surface area contributed by atoms with E-state index in [1.165, 1.54) is 6.92 Å². The van der Waals surface area contributed by atoms with Crippen molar-refractivity contribution < 1.29 is 9.59 Å². The largest absolute Gasteiger partial charge is 0.374 e. The third kappa shape index (κ3) is 4.73. The van der Waals surface area contributed by atoms with Crippen molar-refractivity contribution in [2.45, 2.75) is 26.8 Å². The topological polar surface area (TPSA) is 70.2 Å². The molecule has 0 fully saturated rings. The number of carbonyl (C=O) groups is 2. The summed E-state index contributed by atoms with van der Waals surface area (Å²) in [5.41, 5.74) is 3.02. The lowest BCUT2D eigenvalue weighted by atomic mass is 10.2. The van der Waals surface area contributed by atoms with E-state index in [2.05, 4.69) is 16.0 Å². The van der Waals surface area contributed by atoms with Gasteiger partial charge in [0.2, 0.25) is 11.8 Å². The smallest absolute Gasteiger partial charge is 0.246 e. The van der Waals surface area contributed by atoms with E-state index in [1.807, 2.05) is 13.0 Å². The summed E-state index contributed by atoms with van der Waals surface area (Å²) in [6.45, 7) is 5.09. The molecular weight excluding hydrogens is 326 g/mol. The van der Waals surface area contributed by atoms with Gasteiger partial charge in [0.1, 0.15) is 6.04 Å². The Hall–Kier alpha value is -2.53. The van der Waals surface area contributed by atoms with Crippen LogP contribution < -0.4 is 16.0 Å². The Balaban J connectivity index is 1.98. The lowest BCUT2D eigenvalue weighted by Gasteiger charge is -2.17. The maximum atomic E-state index is 12.3. The minimum atomic E-state index is -0.435. The molecule has 0 aromatic heterocycles. The average Bonchev–Trinajstić information content (AvgIpc) is 2.53. The van der Waals surface area contributed by atoms with Gasteiger partial charge in [-0.25, -0.2) is 0 Å². The fourth-order valence-electron chi connectivity index (χ4n) is 2.15. The molecule has 6 heteroatoms. The molecule has 0 saturated heterocycles. The predicted molar refractivity (Wildman–Crippen MR) is 98.6 cm³/mol. The SMILES string of the molecule is CC(=O)Nc1ccc(NC(C)C(=O)Nc2cccc(Cl)c2C)cc1. The molecule has 2 aromatic carbocycles. The number of benzene rings is 2. The zero-order valence-corrected chi connectivity index (χ0v) is 14.6. The number of halogens is 1. The van der Waals surface area contributed by atoms with Crippen molar-refractivity contribution in [3.63, 3.8) is 0 Å². The minimum Gasteiger partial charge on any atom is -0.374 e. The van der Waals surface area contributed by atoms with E-state index in [0.717, 1.165) is 11.3 Å². The summed E-state index contributed by atoms with van der Waals surface area (Å²) in [5, 5.41) is 9.29. The number of carbonyl (C=O) groups excluding carboxylic acids is 2. The van der Waals surface area contributed by atoms with E-state index < -0.39 is 6.04 Å². The second kappa shape index (κ2) is 7.84. The van der Waals surface area contributed by atoms with Crippen LogP contribution in [0.1, 0.15) is 19.4 Å². The van der Waals surface area contributed by atoms with Crippen LogP contribution in [0.2, 0.25) is 5.02 Å². The minimum absolute atomic E-state index is 0.125. The highest BCUT2D eigenvalue weighted by atomic mass is 35.5. The lowest BCUT2D eigenvalue weighted by molar-refractivity contribution is -0.116. The van der Waals surface area contributed by atoms with E-state index in [9.17, 15) is 9.59 Å². The fraction of sp³-hybridized carbons (Fsp3) is 0.222. The third-order valence-electron chi connectivity index (χ3n) is 3.51. The van der Waals surface area contributed by atoms with Gasteiger partial charge in [0.15, 0.2) is 0 Å². The molecule has 1 unspecified atom stereocenters. The van der Waals surface area contributed by atoms with Crippen LogP contribution in [0.3, 0.4) is 0 Å². The van der Waals surface area contributed by atoms with Crippen molar-refractivity contribution in [3.05, 3.63) is 53.1 Å². The molecule has 3 N–H and O–H groups in total. The number of hydrogen-bond donors (Lipinski definition) is 3. The number of nitrogens with one attached hydrogen (secondary N) is 3. The maximum Gasteiger partial charge on any atom is 0.246 e. The molecule has 0 bridgehead atoms. The number of hydrogen-bond acceptors (Lipinski definition) is 3. The average molecular weight is 346 g/mol. The highest BCUT2D eigenvalue weighted by molar-refractivity contribution is 6.31. The van der Waals surface area contributed by atoms with E-state index >= 15 is 0 Å². The van der Waals surface area contributed by atoms with Crippen molar-refractivity contribution >= 4 is 40.5 Å². The van der Waals surface area contributed by atoms with Gasteiger partial charge in [-0.2, -0.15) is 0 Å². The van der Waals surface area contributed by atoms with E-state index in [0.29, 0.717) is 16.4 Å². The molecule has 0 heterocycles. The van der Waals surface area contributed by atoms with Crippen LogP contribution in [-0.2, 0) is 9.59 Å². The molecule has 1 atom stereocenters. The Morgan fingerprint density at radius 2 is 1.62 bits per heavy atom. The summed E-state index contributed by atoms with van der Waals surface area (Å²) >= 11 is 6.06. The van der Waals surface area contributed by atoms with Gasteiger partial charge >= 0.3 is 0 Å². The van der Waals surface area contributed by atoms with Crippen molar-refractivity contribution in [2.75, 3.05) is 16.0 Å². The molecule has 2 amide bonds. The molecule has 126 valence electrons. The Morgan fingerprint density at radius 1 is 1.00 bits per heavy atom. The van der Waals surface area contributed by atoms with Gasteiger partial charge in [-0.05, 0) is 55.8 Å². The van der Waals surface area contributed by atoms with Crippen molar-refractivity contribution in [1.29, 1.82) is 0 Å². The molecule has 2 aromatic rings.